The smallest absolute Gasteiger partial charge is 0.317 e. The molecule has 2 N–H and O–H groups in total. The fourth-order valence-electron chi connectivity index (χ4n) is 2.78. The van der Waals surface area contributed by atoms with Gasteiger partial charge in [-0.3, -0.25) is 14.4 Å². The molecular weight excluding hydrogens is 466 g/mol. The number of nitrogens with one attached hydrogen (secondary N) is 2. The van der Waals surface area contributed by atoms with Crippen molar-refractivity contribution >= 4 is 52.7 Å². The van der Waals surface area contributed by atoms with Crippen LogP contribution in [0, 0.1) is 13.8 Å². The summed E-state index contributed by atoms with van der Waals surface area (Å²) in [5.74, 6) is -0.717. The molecular formula is C23H22ClN3O5S. The second-order valence-electron chi connectivity index (χ2n) is 7.10. The third-order valence-corrected chi connectivity index (χ3v) is 5.69. The number of anilines is 2. The van der Waals surface area contributed by atoms with E-state index in [1.807, 2.05) is 6.92 Å². The normalized spacial score (nSPS) is 11.5. The molecule has 1 unspecified atom stereocenters. The Morgan fingerprint density at radius 1 is 1.06 bits per heavy atom. The van der Waals surface area contributed by atoms with Crippen molar-refractivity contribution in [2.45, 2.75) is 20.0 Å². The van der Waals surface area contributed by atoms with E-state index in [4.69, 9.17) is 20.9 Å². The van der Waals surface area contributed by atoms with Gasteiger partial charge in [0.1, 0.15) is 5.76 Å². The summed E-state index contributed by atoms with van der Waals surface area (Å²) in [5.41, 5.74) is 1.88. The van der Waals surface area contributed by atoms with Gasteiger partial charge < -0.3 is 19.9 Å². The third-order valence-electron chi connectivity index (χ3n) is 4.38. The number of benzene rings is 2. The van der Waals surface area contributed by atoms with Gasteiger partial charge in [0.25, 0.3) is 5.91 Å². The molecule has 172 valence electrons. The average Bonchev–Trinajstić information content (AvgIpc) is 3.19. The van der Waals surface area contributed by atoms with Crippen LogP contribution in [0.1, 0.15) is 23.0 Å². The van der Waals surface area contributed by atoms with Gasteiger partial charge >= 0.3 is 5.97 Å². The van der Waals surface area contributed by atoms with Crippen molar-refractivity contribution in [1.29, 1.82) is 0 Å². The lowest BCUT2D eigenvalue weighted by molar-refractivity contribution is -0.152. The third kappa shape index (κ3) is 7.37. The van der Waals surface area contributed by atoms with Crippen LogP contribution in [0.4, 0.5) is 11.5 Å². The molecule has 0 spiro atoms. The summed E-state index contributed by atoms with van der Waals surface area (Å²) in [6, 6.07) is 15.4. The van der Waals surface area contributed by atoms with E-state index in [0.717, 1.165) is 17.3 Å². The molecule has 3 rings (SSSR count). The number of aryl methyl sites for hydroxylation is 2. The molecule has 0 aliphatic rings. The highest BCUT2D eigenvalue weighted by Gasteiger charge is 2.25. The molecule has 0 aliphatic carbocycles. The van der Waals surface area contributed by atoms with Gasteiger partial charge in [-0.25, -0.2) is 0 Å². The van der Waals surface area contributed by atoms with Crippen molar-refractivity contribution in [1.82, 2.24) is 5.16 Å². The highest BCUT2D eigenvalue weighted by Crippen LogP contribution is 2.24. The Labute approximate surface area is 200 Å². The number of amides is 2. The number of aromatic nitrogens is 1. The Kier molecular flexibility index (Phi) is 8.51. The molecule has 2 aromatic carbocycles. The predicted molar refractivity (Wildman–Crippen MR) is 127 cm³/mol. The zero-order valence-corrected chi connectivity index (χ0v) is 19.5. The summed E-state index contributed by atoms with van der Waals surface area (Å²) in [6.07, 6.45) is -1.16. The summed E-state index contributed by atoms with van der Waals surface area (Å²) >= 11 is 7.19. The molecule has 1 atom stereocenters. The van der Waals surface area contributed by atoms with Crippen LogP contribution in [0.15, 0.2) is 59.1 Å². The van der Waals surface area contributed by atoms with Crippen molar-refractivity contribution in [2.24, 2.45) is 0 Å². The molecule has 33 heavy (non-hydrogen) atoms. The van der Waals surface area contributed by atoms with Crippen molar-refractivity contribution in [3.05, 3.63) is 76.5 Å². The van der Waals surface area contributed by atoms with Crippen molar-refractivity contribution in [3.63, 3.8) is 0 Å². The summed E-state index contributed by atoms with van der Waals surface area (Å²) in [6.45, 7) is 3.56. The zero-order chi connectivity index (χ0) is 23.8. The first-order valence-corrected chi connectivity index (χ1v) is 11.5. The average molecular weight is 488 g/mol. The number of hydrogen-bond acceptors (Lipinski definition) is 7. The first-order chi connectivity index (χ1) is 15.8. The Morgan fingerprint density at radius 2 is 1.82 bits per heavy atom. The summed E-state index contributed by atoms with van der Waals surface area (Å²) in [7, 11) is 0. The second-order valence-corrected chi connectivity index (χ2v) is 8.49. The highest BCUT2D eigenvalue weighted by molar-refractivity contribution is 8.00. The van der Waals surface area contributed by atoms with Gasteiger partial charge in [0, 0.05) is 22.3 Å². The van der Waals surface area contributed by atoms with E-state index in [-0.39, 0.29) is 17.4 Å². The Hall–Kier alpha value is -3.30. The maximum atomic E-state index is 12.9. The Balaban J connectivity index is 1.57. The van der Waals surface area contributed by atoms with Crippen LogP contribution in [0.5, 0.6) is 0 Å². The SMILES string of the molecule is Cc1cc(NC(=O)CSCC(=O)OC(C(=O)Nc2ccc(C)c(Cl)c2)c2ccccc2)no1. The van der Waals surface area contributed by atoms with E-state index in [1.54, 1.807) is 61.5 Å². The fraction of sp³-hybridized carbons (Fsp3) is 0.217. The number of halogens is 1. The lowest BCUT2D eigenvalue weighted by atomic mass is 10.1. The topological polar surface area (TPSA) is 111 Å². The van der Waals surface area contributed by atoms with Gasteiger partial charge in [-0.05, 0) is 31.5 Å². The van der Waals surface area contributed by atoms with Gasteiger partial charge in [0.15, 0.2) is 5.82 Å². The number of nitrogens with zero attached hydrogens (tertiary/aromatic N) is 1. The Morgan fingerprint density at radius 3 is 2.48 bits per heavy atom. The van der Waals surface area contributed by atoms with Crippen molar-refractivity contribution in [3.8, 4) is 0 Å². The predicted octanol–water partition coefficient (Wildman–Crippen LogP) is 4.54. The number of carbonyl (C=O) groups excluding carboxylic acids is 3. The summed E-state index contributed by atoms with van der Waals surface area (Å²) in [4.78, 5) is 37.3. The molecule has 0 radical (unpaired) electrons. The highest BCUT2D eigenvalue weighted by atomic mass is 35.5. The van der Waals surface area contributed by atoms with Crippen LogP contribution in [0.2, 0.25) is 5.02 Å². The van der Waals surface area contributed by atoms with Crippen LogP contribution < -0.4 is 10.6 Å². The van der Waals surface area contributed by atoms with E-state index in [0.29, 0.717) is 27.9 Å². The van der Waals surface area contributed by atoms with Gasteiger partial charge in [-0.1, -0.05) is 53.2 Å². The molecule has 8 nitrogen and oxygen atoms in total. The minimum absolute atomic E-state index is 0.00503. The summed E-state index contributed by atoms with van der Waals surface area (Å²) < 4.78 is 10.3. The molecule has 1 aromatic heterocycles. The van der Waals surface area contributed by atoms with E-state index in [1.165, 1.54) is 0 Å². The molecule has 10 heteroatoms. The van der Waals surface area contributed by atoms with Gasteiger partial charge in [-0.2, -0.15) is 0 Å². The molecule has 0 saturated heterocycles. The van der Waals surface area contributed by atoms with E-state index < -0.39 is 18.0 Å². The number of hydrogen-bond donors (Lipinski definition) is 2. The largest absolute Gasteiger partial charge is 0.447 e. The number of esters is 1. The quantitative estimate of drug-likeness (QED) is 0.426. The van der Waals surface area contributed by atoms with Crippen LogP contribution in [0.3, 0.4) is 0 Å². The minimum atomic E-state index is -1.16. The monoisotopic (exact) mass is 487 g/mol. The summed E-state index contributed by atoms with van der Waals surface area (Å²) in [5, 5.41) is 9.48. The second kappa shape index (κ2) is 11.5. The molecule has 0 fully saturated rings. The standard InChI is InChI=1S/C23H22ClN3O5S/c1-14-8-9-17(11-18(14)24)25-23(30)22(16-6-4-3-5-7-16)31-21(29)13-33-12-20(28)26-19-10-15(2)32-27-19/h3-11,22H,12-13H2,1-2H3,(H,25,30)(H,26,27,28). The lowest BCUT2D eigenvalue weighted by Gasteiger charge is -2.18. The van der Waals surface area contributed by atoms with E-state index in [2.05, 4.69) is 15.8 Å². The van der Waals surface area contributed by atoms with E-state index >= 15 is 0 Å². The van der Waals surface area contributed by atoms with Gasteiger partial charge in [-0.15, -0.1) is 11.8 Å². The molecule has 1 heterocycles. The number of carbonyl (C=O) groups is 3. The van der Waals surface area contributed by atoms with Crippen molar-refractivity contribution < 1.29 is 23.6 Å². The lowest BCUT2D eigenvalue weighted by Crippen LogP contribution is -2.26. The fourth-order valence-corrected chi connectivity index (χ4v) is 3.55. The number of thioether (sulfide) groups is 1. The minimum Gasteiger partial charge on any atom is -0.447 e. The van der Waals surface area contributed by atoms with Gasteiger partial charge in [0.05, 0.1) is 11.5 Å². The van der Waals surface area contributed by atoms with E-state index in [9.17, 15) is 14.4 Å². The zero-order valence-electron chi connectivity index (χ0n) is 18.0. The first kappa shape index (κ1) is 24.3. The maximum absolute atomic E-state index is 12.9. The maximum Gasteiger partial charge on any atom is 0.317 e. The molecule has 2 amide bonds. The first-order valence-electron chi connectivity index (χ1n) is 9.94. The number of ether oxygens (including phenoxy) is 1. The molecule has 0 saturated carbocycles. The van der Waals surface area contributed by atoms with Crippen LogP contribution in [-0.2, 0) is 19.1 Å². The molecule has 3 aromatic rings. The van der Waals surface area contributed by atoms with Crippen LogP contribution in [0.25, 0.3) is 0 Å². The number of rotatable bonds is 9. The Bertz CT molecular complexity index is 1140. The van der Waals surface area contributed by atoms with Crippen LogP contribution >= 0.6 is 23.4 Å². The van der Waals surface area contributed by atoms with Crippen molar-refractivity contribution in [2.75, 3.05) is 22.1 Å². The molecule has 0 aliphatic heterocycles. The van der Waals surface area contributed by atoms with Crippen LogP contribution in [-0.4, -0.2) is 34.4 Å². The van der Waals surface area contributed by atoms with Gasteiger partial charge in [0.2, 0.25) is 12.0 Å². The molecule has 0 bridgehead atoms.